The molecule has 130 valence electrons. The summed E-state index contributed by atoms with van der Waals surface area (Å²) in [4.78, 5) is 29.0. The van der Waals surface area contributed by atoms with Crippen molar-refractivity contribution in [2.75, 3.05) is 19.0 Å². The third-order valence-corrected chi connectivity index (χ3v) is 4.34. The maximum Gasteiger partial charge on any atom is 0.313 e. The van der Waals surface area contributed by atoms with E-state index < -0.39 is 11.8 Å². The van der Waals surface area contributed by atoms with Crippen LogP contribution in [0.3, 0.4) is 0 Å². The summed E-state index contributed by atoms with van der Waals surface area (Å²) in [6, 6.07) is 0. The van der Waals surface area contributed by atoms with Crippen molar-refractivity contribution < 1.29 is 14.3 Å². The van der Waals surface area contributed by atoms with E-state index in [2.05, 4.69) is 20.7 Å². The lowest BCUT2D eigenvalue weighted by atomic mass is 10.3. The Morgan fingerprint density at radius 2 is 2.04 bits per heavy atom. The second-order valence-corrected chi connectivity index (χ2v) is 6.56. The van der Waals surface area contributed by atoms with Crippen LogP contribution in [0.4, 0.5) is 5.69 Å². The molecular formula is C15H21N5O3S. The van der Waals surface area contributed by atoms with Gasteiger partial charge in [0, 0.05) is 18.2 Å². The van der Waals surface area contributed by atoms with Gasteiger partial charge in [-0.1, -0.05) is 0 Å². The van der Waals surface area contributed by atoms with Crippen molar-refractivity contribution in [2.45, 2.75) is 33.9 Å². The summed E-state index contributed by atoms with van der Waals surface area (Å²) >= 11 is 1.48. The molecule has 0 aliphatic carbocycles. The third kappa shape index (κ3) is 4.39. The zero-order valence-corrected chi connectivity index (χ0v) is 15.0. The van der Waals surface area contributed by atoms with Crippen molar-refractivity contribution >= 4 is 28.8 Å². The Morgan fingerprint density at radius 3 is 2.67 bits per heavy atom. The van der Waals surface area contributed by atoms with Crippen LogP contribution in [-0.4, -0.2) is 40.3 Å². The van der Waals surface area contributed by atoms with Crippen LogP contribution < -0.4 is 10.6 Å². The number of nitrogens with zero attached hydrogens (tertiary/aromatic N) is 3. The van der Waals surface area contributed by atoms with E-state index in [0.29, 0.717) is 24.5 Å². The van der Waals surface area contributed by atoms with Crippen molar-refractivity contribution in [2.24, 2.45) is 0 Å². The van der Waals surface area contributed by atoms with Gasteiger partial charge in [0.15, 0.2) is 0 Å². The van der Waals surface area contributed by atoms with Crippen molar-refractivity contribution in [1.82, 2.24) is 20.1 Å². The molecule has 0 spiro atoms. The van der Waals surface area contributed by atoms with E-state index in [1.54, 1.807) is 24.9 Å². The van der Waals surface area contributed by atoms with E-state index in [9.17, 15) is 9.59 Å². The number of methoxy groups -OCH3 is 1. The average Bonchev–Trinajstić information content (AvgIpc) is 3.08. The zero-order valence-electron chi connectivity index (χ0n) is 14.2. The van der Waals surface area contributed by atoms with Crippen molar-refractivity contribution in [1.29, 1.82) is 0 Å². The van der Waals surface area contributed by atoms with Crippen LogP contribution in [0.2, 0.25) is 0 Å². The number of hydrogen-bond donors (Lipinski definition) is 2. The molecule has 2 heterocycles. The SMILES string of the molecule is COCCn1nc(C)c(NC(=O)C(=O)NCc2cnc(C)s2)c1C. The Bertz CT molecular complexity index is 738. The molecule has 0 saturated carbocycles. The lowest BCUT2D eigenvalue weighted by molar-refractivity contribution is -0.136. The monoisotopic (exact) mass is 351 g/mol. The maximum atomic E-state index is 12.1. The summed E-state index contributed by atoms with van der Waals surface area (Å²) < 4.78 is 6.77. The molecule has 0 aliphatic rings. The lowest BCUT2D eigenvalue weighted by Gasteiger charge is -2.07. The molecule has 0 aromatic carbocycles. The average molecular weight is 351 g/mol. The molecule has 2 N–H and O–H groups in total. The Morgan fingerprint density at radius 1 is 1.29 bits per heavy atom. The molecule has 0 fully saturated rings. The molecule has 2 aromatic heterocycles. The standard InChI is InChI=1S/C15H21N5O3S/c1-9-13(10(2)20(19-9)5-6-23-4)18-15(22)14(21)17-8-12-7-16-11(3)24-12/h7H,5-6,8H2,1-4H3,(H,17,21)(H,18,22). The molecular weight excluding hydrogens is 330 g/mol. The number of hydrogen-bond acceptors (Lipinski definition) is 6. The summed E-state index contributed by atoms with van der Waals surface area (Å²) in [6.45, 7) is 6.88. The number of aromatic nitrogens is 3. The van der Waals surface area contributed by atoms with Gasteiger partial charge >= 0.3 is 11.8 Å². The highest BCUT2D eigenvalue weighted by molar-refractivity contribution is 7.11. The summed E-state index contributed by atoms with van der Waals surface area (Å²) in [7, 11) is 1.61. The number of ether oxygens (including phenoxy) is 1. The fourth-order valence-electron chi connectivity index (χ4n) is 2.18. The van der Waals surface area contributed by atoms with E-state index in [0.717, 1.165) is 15.6 Å². The van der Waals surface area contributed by atoms with E-state index in [1.165, 1.54) is 11.3 Å². The van der Waals surface area contributed by atoms with Crippen LogP contribution in [0.5, 0.6) is 0 Å². The fraction of sp³-hybridized carbons (Fsp3) is 0.467. The number of anilines is 1. The van der Waals surface area contributed by atoms with Gasteiger partial charge in [0.1, 0.15) is 0 Å². The van der Waals surface area contributed by atoms with Crippen LogP contribution >= 0.6 is 11.3 Å². The van der Waals surface area contributed by atoms with Crippen molar-refractivity contribution in [3.63, 3.8) is 0 Å². The van der Waals surface area contributed by atoms with Gasteiger partial charge in [-0.05, 0) is 20.8 Å². The van der Waals surface area contributed by atoms with E-state index >= 15 is 0 Å². The molecule has 8 nitrogen and oxygen atoms in total. The number of carbonyl (C=O) groups excluding carboxylic acids is 2. The smallest absolute Gasteiger partial charge is 0.313 e. The van der Waals surface area contributed by atoms with Crippen LogP contribution in [0, 0.1) is 20.8 Å². The topological polar surface area (TPSA) is 98.1 Å². The Hall–Kier alpha value is -2.26. The predicted octanol–water partition coefficient (Wildman–Crippen LogP) is 1.17. The Kier molecular flexibility index (Phi) is 6.04. The van der Waals surface area contributed by atoms with Crippen LogP contribution in [0.25, 0.3) is 0 Å². The quantitative estimate of drug-likeness (QED) is 0.761. The highest BCUT2D eigenvalue weighted by atomic mass is 32.1. The first kappa shape index (κ1) is 18.1. The first-order valence-electron chi connectivity index (χ1n) is 7.45. The molecule has 2 rings (SSSR count). The molecule has 2 amide bonds. The van der Waals surface area contributed by atoms with Gasteiger partial charge < -0.3 is 15.4 Å². The summed E-state index contributed by atoms with van der Waals surface area (Å²) in [5, 5.41) is 10.5. The highest BCUT2D eigenvalue weighted by Gasteiger charge is 2.19. The van der Waals surface area contributed by atoms with E-state index in [1.807, 2.05) is 13.8 Å². The third-order valence-electron chi connectivity index (χ3n) is 3.43. The minimum absolute atomic E-state index is 0.281. The molecule has 0 unspecified atom stereocenters. The normalized spacial score (nSPS) is 10.7. The van der Waals surface area contributed by atoms with E-state index in [4.69, 9.17) is 4.74 Å². The number of rotatable bonds is 6. The first-order chi connectivity index (χ1) is 11.4. The molecule has 0 aliphatic heterocycles. The lowest BCUT2D eigenvalue weighted by Crippen LogP contribution is -2.35. The van der Waals surface area contributed by atoms with Gasteiger partial charge in [0.05, 0.1) is 41.8 Å². The number of aryl methyl sites for hydroxylation is 2. The van der Waals surface area contributed by atoms with Crippen LogP contribution in [-0.2, 0) is 27.4 Å². The molecule has 9 heteroatoms. The molecule has 24 heavy (non-hydrogen) atoms. The maximum absolute atomic E-state index is 12.1. The van der Waals surface area contributed by atoms with Gasteiger partial charge in [-0.25, -0.2) is 4.98 Å². The zero-order chi connectivity index (χ0) is 17.7. The first-order valence-corrected chi connectivity index (χ1v) is 8.27. The molecule has 2 aromatic rings. The minimum atomic E-state index is -0.714. The Labute approximate surface area is 144 Å². The predicted molar refractivity (Wildman–Crippen MR) is 90.9 cm³/mol. The minimum Gasteiger partial charge on any atom is -0.383 e. The van der Waals surface area contributed by atoms with Crippen LogP contribution in [0.15, 0.2) is 6.20 Å². The molecule has 0 saturated heterocycles. The van der Waals surface area contributed by atoms with Gasteiger partial charge in [0.25, 0.3) is 0 Å². The number of thiazole rings is 1. The number of nitrogens with one attached hydrogen (secondary N) is 2. The summed E-state index contributed by atoms with van der Waals surface area (Å²) in [6.07, 6.45) is 1.69. The summed E-state index contributed by atoms with van der Waals surface area (Å²) in [5.41, 5.74) is 1.99. The number of carbonyl (C=O) groups is 2. The van der Waals surface area contributed by atoms with Gasteiger partial charge in [0.2, 0.25) is 0 Å². The molecule has 0 radical (unpaired) electrons. The largest absolute Gasteiger partial charge is 0.383 e. The second kappa shape index (κ2) is 8.02. The molecule has 0 bridgehead atoms. The fourth-order valence-corrected chi connectivity index (χ4v) is 2.91. The van der Waals surface area contributed by atoms with Gasteiger partial charge in [-0.3, -0.25) is 14.3 Å². The van der Waals surface area contributed by atoms with Crippen molar-refractivity contribution in [3.8, 4) is 0 Å². The Balaban J connectivity index is 1.95. The highest BCUT2D eigenvalue weighted by Crippen LogP contribution is 2.19. The number of amides is 2. The van der Waals surface area contributed by atoms with Gasteiger partial charge in [-0.15, -0.1) is 11.3 Å². The van der Waals surface area contributed by atoms with Crippen molar-refractivity contribution in [3.05, 3.63) is 27.5 Å². The molecule has 0 atom stereocenters. The van der Waals surface area contributed by atoms with Gasteiger partial charge in [-0.2, -0.15) is 5.10 Å². The van der Waals surface area contributed by atoms with Crippen LogP contribution in [0.1, 0.15) is 21.3 Å². The van der Waals surface area contributed by atoms with E-state index in [-0.39, 0.29) is 6.54 Å². The second-order valence-electron chi connectivity index (χ2n) is 5.24. The summed E-state index contributed by atoms with van der Waals surface area (Å²) in [5.74, 6) is -1.40.